The second kappa shape index (κ2) is 6.25. The third kappa shape index (κ3) is 3.50. The molecule has 0 saturated heterocycles. The van der Waals surface area contributed by atoms with Crippen molar-refractivity contribution in [2.75, 3.05) is 24.2 Å². The first kappa shape index (κ1) is 13.4. The van der Waals surface area contributed by atoms with Gasteiger partial charge in [0.05, 0.1) is 0 Å². The molecule has 18 heavy (non-hydrogen) atoms. The first-order chi connectivity index (χ1) is 8.69. The largest absolute Gasteiger partial charge is 0.399 e. The van der Waals surface area contributed by atoms with Gasteiger partial charge in [-0.3, -0.25) is 0 Å². The van der Waals surface area contributed by atoms with E-state index in [1.807, 2.05) is 0 Å². The smallest absolute Gasteiger partial charge is 0.133 e. The van der Waals surface area contributed by atoms with E-state index < -0.39 is 0 Å². The van der Waals surface area contributed by atoms with Gasteiger partial charge in [0.1, 0.15) is 11.0 Å². The summed E-state index contributed by atoms with van der Waals surface area (Å²) in [5.41, 5.74) is 6.33. The molecule has 5 heteroatoms. The van der Waals surface area contributed by atoms with Gasteiger partial charge in [-0.15, -0.1) is 0 Å². The fraction of sp³-hybridized carbons (Fsp3) is 0.615. The number of hydrogen-bond acceptors (Lipinski definition) is 4. The summed E-state index contributed by atoms with van der Waals surface area (Å²) in [5.74, 6) is 1.62. The normalized spacial score (nSPS) is 23.9. The quantitative estimate of drug-likeness (QED) is 0.735. The number of aliphatic hydroxyl groups is 1. The third-order valence-corrected chi connectivity index (χ3v) is 3.86. The number of aromatic nitrogens is 1. The molecule has 1 heterocycles. The number of nitrogens with zero attached hydrogens (tertiary/aromatic N) is 1. The SMILES string of the molecule is Nc1cc(Cl)nc(NCC2CCCCC2CO)c1. The highest BCUT2D eigenvalue weighted by atomic mass is 35.5. The predicted octanol–water partition coefficient (Wildman–Crippen LogP) is 2.53. The van der Waals surface area contributed by atoms with Crippen LogP contribution in [0.5, 0.6) is 0 Å². The fourth-order valence-corrected chi connectivity index (χ4v) is 2.85. The van der Waals surface area contributed by atoms with Gasteiger partial charge in [-0.25, -0.2) is 4.98 Å². The van der Waals surface area contributed by atoms with Crippen LogP contribution in [-0.4, -0.2) is 23.2 Å². The lowest BCUT2D eigenvalue weighted by atomic mass is 9.79. The third-order valence-electron chi connectivity index (χ3n) is 3.66. The summed E-state index contributed by atoms with van der Waals surface area (Å²) in [6.07, 6.45) is 4.75. The van der Waals surface area contributed by atoms with E-state index in [1.165, 1.54) is 12.8 Å². The monoisotopic (exact) mass is 269 g/mol. The molecule has 4 nitrogen and oxygen atoms in total. The molecule has 1 aromatic heterocycles. The Morgan fingerprint density at radius 3 is 2.72 bits per heavy atom. The lowest BCUT2D eigenvalue weighted by Crippen LogP contribution is -2.28. The summed E-state index contributed by atoms with van der Waals surface area (Å²) in [6, 6.07) is 3.41. The maximum atomic E-state index is 9.36. The lowest BCUT2D eigenvalue weighted by molar-refractivity contribution is 0.141. The Morgan fingerprint density at radius 2 is 2.06 bits per heavy atom. The van der Waals surface area contributed by atoms with Crippen molar-refractivity contribution < 1.29 is 5.11 Å². The minimum atomic E-state index is 0.275. The van der Waals surface area contributed by atoms with Crippen LogP contribution in [-0.2, 0) is 0 Å². The Hall–Kier alpha value is -1.00. The molecule has 1 fully saturated rings. The second-order valence-electron chi connectivity index (χ2n) is 4.98. The highest BCUT2D eigenvalue weighted by Crippen LogP contribution is 2.30. The number of pyridine rings is 1. The van der Waals surface area contributed by atoms with E-state index in [4.69, 9.17) is 17.3 Å². The Bertz CT molecular complexity index is 380. The van der Waals surface area contributed by atoms with Crippen molar-refractivity contribution >= 4 is 23.1 Å². The van der Waals surface area contributed by atoms with E-state index >= 15 is 0 Å². The lowest BCUT2D eigenvalue weighted by Gasteiger charge is -2.30. The van der Waals surface area contributed by atoms with Crippen LogP contribution in [0.1, 0.15) is 25.7 Å². The zero-order valence-electron chi connectivity index (χ0n) is 10.4. The molecular weight excluding hydrogens is 250 g/mol. The van der Waals surface area contributed by atoms with Crippen molar-refractivity contribution in [2.24, 2.45) is 11.8 Å². The number of halogens is 1. The summed E-state index contributed by atoms with van der Waals surface area (Å²) in [4.78, 5) is 4.18. The standard InChI is InChI=1S/C13H20ClN3O/c14-12-5-11(15)6-13(17-12)16-7-9-3-1-2-4-10(9)8-18/h5-6,9-10,18H,1-4,7-8H2,(H3,15,16,17). The average molecular weight is 270 g/mol. The Morgan fingerprint density at radius 1 is 1.33 bits per heavy atom. The van der Waals surface area contributed by atoms with Crippen LogP contribution in [0, 0.1) is 11.8 Å². The van der Waals surface area contributed by atoms with Crippen LogP contribution in [0.4, 0.5) is 11.5 Å². The Balaban J connectivity index is 1.93. The molecule has 2 atom stereocenters. The minimum Gasteiger partial charge on any atom is -0.399 e. The topological polar surface area (TPSA) is 71.2 Å². The maximum Gasteiger partial charge on any atom is 0.133 e. The molecule has 0 radical (unpaired) electrons. The van der Waals surface area contributed by atoms with Gasteiger partial charge in [-0.2, -0.15) is 0 Å². The number of nitrogens with one attached hydrogen (secondary N) is 1. The Kier molecular flexibility index (Phi) is 4.66. The van der Waals surface area contributed by atoms with Crippen molar-refractivity contribution in [3.8, 4) is 0 Å². The number of hydrogen-bond donors (Lipinski definition) is 3. The molecule has 1 aliphatic rings. The molecule has 1 saturated carbocycles. The molecule has 0 spiro atoms. The van der Waals surface area contributed by atoms with Gasteiger partial charge < -0.3 is 16.2 Å². The number of nitrogens with two attached hydrogens (primary N) is 1. The summed E-state index contributed by atoms with van der Waals surface area (Å²) < 4.78 is 0. The van der Waals surface area contributed by atoms with Gasteiger partial charge in [0.25, 0.3) is 0 Å². The van der Waals surface area contributed by atoms with Gasteiger partial charge in [-0.05, 0) is 30.7 Å². The molecular formula is C13H20ClN3O. The first-order valence-corrected chi connectivity index (χ1v) is 6.84. The molecule has 2 unspecified atom stereocenters. The van der Waals surface area contributed by atoms with Crippen LogP contribution >= 0.6 is 11.6 Å². The highest BCUT2D eigenvalue weighted by Gasteiger charge is 2.24. The molecule has 0 amide bonds. The second-order valence-corrected chi connectivity index (χ2v) is 5.36. The van der Waals surface area contributed by atoms with E-state index in [0.29, 0.717) is 28.5 Å². The van der Waals surface area contributed by atoms with Crippen molar-refractivity contribution in [1.82, 2.24) is 4.98 Å². The van der Waals surface area contributed by atoms with Crippen molar-refractivity contribution in [3.63, 3.8) is 0 Å². The van der Waals surface area contributed by atoms with E-state index in [1.54, 1.807) is 12.1 Å². The number of rotatable bonds is 4. The Labute approximate surface area is 113 Å². The van der Waals surface area contributed by atoms with E-state index in [-0.39, 0.29) is 6.61 Å². The van der Waals surface area contributed by atoms with Gasteiger partial charge >= 0.3 is 0 Å². The van der Waals surface area contributed by atoms with Crippen LogP contribution in [0.15, 0.2) is 12.1 Å². The summed E-state index contributed by atoms with van der Waals surface area (Å²) >= 11 is 5.86. The van der Waals surface area contributed by atoms with Gasteiger partial charge in [0, 0.05) is 24.9 Å². The predicted molar refractivity (Wildman–Crippen MR) is 74.7 cm³/mol. The van der Waals surface area contributed by atoms with E-state index in [2.05, 4.69) is 10.3 Å². The molecule has 100 valence electrons. The molecule has 2 rings (SSSR count). The zero-order chi connectivity index (χ0) is 13.0. The van der Waals surface area contributed by atoms with Crippen molar-refractivity contribution in [2.45, 2.75) is 25.7 Å². The molecule has 1 aromatic rings. The van der Waals surface area contributed by atoms with Crippen LogP contribution in [0.25, 0.3) is 0 Å². The fourth-order valence-electron chi connectivity index (χ4n) is 2.64. The average Bonchev–Trinajstić information content (AvgIpc) is 2.35. The van der Waals surface area contributed by atoms with Crippen LogP contribution < -0.4 is 11.1 Å². The number of anilines is 2. The maximum absolute atomic E-state index is 9.36. The van der Waals surface area contributed by atoms with Gasteiger partial charge in [0.2, 0.25) is 0 Å². The number of aliphatic hydroxyl groups excluding tert-OH is 1. The molecule has 1 aliphatic carbocycles. The molecule has 0 bridgehead atoms. The zero-order valence-corrected chi connectivity index (χ0v) is 11.2. The van der Waals surface area contributed by atoms with E-state index in [9.17, 15) is 5.11 Å². The van der Waals surface area contributed by atoms with Crippen LogP contribution in [0.3, 0.4) is 0 Å². The van der Waals surface area contributed by atoms with Crippen LogP contribution in [0.2, 0.25) is 5.15 Å². The van der Waals surface area contributed by atoms with E-state index in [0.717, 1.165) is 19.4 Å². The van der Waals surface area contributed by atoms with Crippen molar-refractivity contribution in [3.05, 3.63) is 17.3 Å². The summed E-state index contributed by atoms with van der Waals surface area (Å²) in [7, 11) is 0. The summed E-state index contributed by atoms with van der Waals surface area (Å²) in [5, 5.41) is 13.0. The molecule has 0 aromatic carbocycles. The highest BCUT2D eigenvalue weighted by molar-refractivity contribution is 6.29. The van der Waals surface area contributed by atoms with Crippen molar-refractivity contribution in [1.29, 1.82) is 0 Å². The minimum absolute atomic E-state index is 0.275. The van der Waals surface area contributed by atoms with Gasteiger partial charge in [-0.1, -0.05) is 24.4 Å². The number of nitrogen functional groups attached to an aromatic ring is 1. The molecule has 0 aliphatic heterocycles. The summed E-state index contributed by atoms with van der Waals surface area (Å²) in [6.45, 7) is 1.09. The molecule has 4 N–H and O–H groups in total. The first-order valence-electron chi connectivity index (χ1n) is 6.47. The van der Waals surface area contributed by atoms with Gasteiger partial charge in [0.15, 0.2) is 0 Å².